The molecule has 1 spiro atoms. The van der Waals surface area contributed by atoms with Gasteiger partial charge in [0.25, 0.3) is 5.91 Å². The molecule has 0 unspecified atom stereocenters. The highest BCUT2D eigenvalue weighted by molar-refractivity contribution is 6.29. The molecule has 9 heteroatoms. The van der Waals surface area contributed by atoms with Gasteiger partial charge in [0.1, 0.15) is 11.0 Å². The Labute approximate surface area is 203 Å². The Hall–Kier alpha value is -3.23. The third-order valence-corrected chi connectivity index (χ3v) is 7.90. The smallest absolute Gasteiger partial charge is 0.280 e. The molecule has 2 aromatic heterocycles. The maximum atomic E-state index is 13.2. The number of nitrogens with two attached hydrogens (primary N) is 2. The zero-order valence-electron chi connectivity index (χ0n) is 18.7. The van der Waals surface area contributed by atoms with Crippen molar-refractivity contribution in [3.05, 3.63) is 70.3 Å². The molecule has 1 aromatic carbocycles. The Morgan fingerprint density at radius 2 is 1.88 bits per heavy atom. The fourth-order valence-electron chi connectivity index (χ4n) is 5.77. The van der Waals surface area contributed by atoms with Crippen molar-refractivity contribution in [3.8, 4) is 0 Å². The second-order valence-corrected chi connectivity index (χ2v) is 9.86. The van der Waals surface area contributed by atoms with Gasteiger partial charge in [-0.1, -0.05) is 35.9 Å². The number of amides is 1. The summed E-state index contributed by atoms with van der Waals surface area (Å²) in [7, 11) is 0. The van der Waals surface area contributed by atoms with Crippen LogP contribution in [-0.2, 0) is 12.8 Å². The van der Waals surface area contributed by atoms with Crippen LogP contribution in [0.15, 0.2) is 42.6 Å². The number of anilines is 3. The summed E-state index contributed by atoms with van der Waals surface area (Å²) >= 11 is 5.99. The number of carbonyl (C=O) groups excluding carboxylic acids is 1. The lowest BCUT2D eigenvalue weighted by Gasteiger charge is -2.42. The normalized spacial score (nSPS) is 20.5. The molecule has 1 saturated heterocycles. The van der Waals surface area contributed by atoms with E-state index in [0.29, 0.717) is 23.9 Å². The summed E-state index contributed by atoms with van der Waals surface area (Å²) in [5.41, 5.74) is 17.4. The number of hydrogen-bond acceptors (Lipinski definition) is 7. The lowest BCUT2D eigenvalue weighted by molar-refractivity contribution is 0.0985. The van der Waals surface area contributed by atoms with E-state index in [1.807, 2.05) is 6.07 Å². The zero-order chi connectivity index (χ0) is 23.4. The van der Waals surface area contributed by atoms with Gasteiger partial charge in [-0.05, 0) is 47.9 Å². The molecule has 6 rings (SSSR count). The third-order valence-electron chi connectivity index (χ3n) is 7.69. The lowest BCUT2D eigenvalue weighted by atomic mass is 9.73. The molecule has 1 amide bonds. The minimum Gasteiger partial charge on any atom is -0.382 e. The van der Waals surface area contributed by atoms with Crippen molar-refractivity contribution < 1.29 is 4.79 Å². The molecular weight excluding hydrogens is 450 g/mol. The maximum Gasteiger partial charge on any atom is 0.280 e. The summed E-state index contributed by atoms with van der Waals surface area (Å²) in [6.07, 6.45) is 5.28. The van der Waals surface area contributed by atoms with Gasteiger partial charge >= 0.3 is 0 Å². The van der Waals surface area contributed by atoms with Gasteiger partial charge in [-0.2, -0.15) is 0 Å². The number of aromatic nitrogens is 3. The first-order valence-corrected chi connectivity index (χ1v) is 12.0. The van der Waals surface area contributed by atoms with Crippen LogP contribution in [0, 0.1) is 5.41 Å². The lowest BCUT2D eigenvalue weighted by Crippen LogP contribution is -2.44. The number of hydrogen-bond donors (Lipinski definition) is 2. The van der Waals surface area contributed by atoms with Crippen LogP contribution in [0.1, 0.15) is 46.2 Å². The highest BCUT2D eigenvalue weighted by Crippen LogP contribution is 2.50. The van der Waals surface area contributed by atoms with Crippen LogP contribution in [-0.4, -0.2) is 40.5 Å². The summed E-state index contributed by atoms with van der Waals surface area (Å²) in [4.78, 5) is 30.3. The molecule has 3 aromatic rings. The van der Waals surface area contributed by atoms with Crippen LogP contribution in [0.25, 0.3) is 0 Å². The summed E-state index contributed by atoms with van der Waals surface area (Å²) in [6.45, 7) is 2.17. The van der Waals surface area contributed by atoms with E-state index >= 15 is 0 Å². The summed E-state index contributed by atoms with van der Waals surface area (Å²) in [6, 6.07) is 12.1. The minimum absolute atomic E-state index is 0.0645. The first-order chi connectivity index (χ1) is 16.4. The fourth-order valence-corrected chi connectivity index (χ4v) is 5.94. The number of fused-ring (bicyclic) bond motifs is 2. The Kier molecular flexibility index (Phi) is 4.97. The minimum atomic E-state index is -0.272. The standard InChI is InChI=1S/C25H26ClN7O/c26-19-6-5-18-17(30-19)7-10-33(18)24(34)21-23(28)31-20(14-29-21)32-11-8-25(9-12-32)13-15-3-1-2-4-16(15)22(25)27/h1-6,14,22H,7-13,27H2,(H2,28,31)/t22-/m1/s1. The predicted octanol–water partition coefficient (Wildman–Crippen LogP) is 3.15. The molecule has 1 aliphatic carbocycles. The third kappa shape index (κ3) is 3.32. The van der Waals surface area contributed by atoms with E-state index < -0.39 is 0 Å². The molecule has 34 heavy (non-hydrogen) atoms. The van der Waals surface area contributed by atoms with E-state index in [9.17, 15) is 4.79 Å². The Morgan fingerprint density at radius 1 is 1.09 bits per heavy atom. The van der Waals surface area contributed by atoms with Gasteiger partial charge in [0.2, 0.25) is 0 Å². The number of nitrogen functional groups attached to an aromatic ring is 1. The molecule has 4 N–H and O–H groups in total. The number of halogens is 1. The van der Waals surface area contributed by atoms with Gasteiger partial charge in [0.15, 0.2) is 11.5 Å². The second-order valence-electron chi connectivity index (χ2n) is 9.47. The van der Waals surface area contributed by atoms with Crippen molar-refractivity contribution >= 4 is 34.8 Å². The quantitative estimate of drug-likeness (QED) is 0.547. The SMILES string of the molecule is Nc1nc(N2CCC3(CC2)Cc2ccccc2[C@H]3N)cnc1C(=O)N1CCc2nc(Cl)ccc21. The highest BCUT2D eigenvalue weighted by atomic mass is 35.5. The highest BCUT2D eigenvalue weighted by Gasteiger charge is 2.46. The molecule has 0 bridgehead atoms. The van der Waals surface area contributed by atoms with E-state index in [1.54, 1.807) is 17.2 Å². The van der Waals surface area contributed by atoms with E-state index in [4.69, 9.17) is 23.1 Å². The van der Waals surface area contributed by atoms with Crippen molar-refractivity contribution in [1.29, 1.82) is 0 Å². The molecule has 8 nitrogen and oxygen atoms in total. The van der Waals surface area contributed by atoms with Gasteiger partial charge in [0, 0.05) is 32.1 Å². The first-order valence-electron chi connectivity index (χ1n) is 11.6. The summed E-state index contributed by atoms with van der Waals surface area (Å²) < 4.78 is 0. The molecule has 3 aliphatic rings. The van der Waals surface area contributed by atoms with Crippen molar-refractivity contribution in [2.75, 3.05) is 35.2 Å². The van der Waals surface area contributed by atoms with E-state index in [1.165, 1.54) is 11.1 Å². The number of benzene rings is 1. The van der Waals surface area contributed by atoms with E-state index in [0.717, 1.165) is 43.7 Å². The van der Waals surface area contributed by atoms with Crippen LogP contribution in [0.2, 0.25) is 5.15 Å². The largest absolute Gasteiger partial charge is 0.382 e. The van der Waals surface area contributed by atoms with Crippen molar-refractivity contribution in [2.45, 2.75) is 31.7 Å². The number of rotatable bonds is 2. The molecular formula is C25H26ClN7O. The van der Waals surface area contributed by atoms with Gasteiger partial charge in [-0.15, -0.1) is 0 Å². The predicted molar refractivity (Wildman–Crippen MR) is 132 cm³/mol. The van der Waals surface area contributed by atoms with Crippen LogP contribution in [0.3, 0.4) is 0 Å². The van der Waals surface area contributed by atoms with Gasteiger partial charge in [-0.3, -0.25) is 4.79 Å². The number of carbonyl (C=O) groups is 1. The Bertz CT molecular complexity index is 1290. The molecule has 2 aliphatic heterocycles. The van der Waals surface area contributed by atoms with Gasteiger partial charge < -0.3 is 21.3 Å². The Balaban J connectivity index is 1.17. The van der Waals surface area contributed by atoms with Gasteiger partial charge in [-0.25, -0.2) is 15.0 Å². The van der Waals surface area contributed by atoms with Crippen molar-refractivity contribution in [2.24, 2.45) is 11.1 Å². The van der Waals surface area contributed by atoms with Crippen LogP contribution < -0.4 is 21.3 Å². The topological polar surface area (TPSA) is 114 Å². The molecule has 4 heterocycles. The summed E-state index contributed by atoms with van der Waals surface area (Å²) in [5, 5.41) is 0.419. The number of nitrogens with zero attached hydrogens (tertiary/aromatic N) is 5. The molecule has 1 atom stereocenters. The number of pyridine rings is 1. The molecule has 0 radical (unpaired) electrons. The van der Waals surface area contributed by atoms with Crippen molar-refractivity contribution in [1.82, 2.24) is 15.0 Å². The molecule has 174 valence electrons. The van der Waals surface area contributed by atoms with Crippen molar-refractivity contribution in [3.63, 3.8) is 0 Å². The second kappa shape index (κ2) is 7.92. The van der Waals surface area contributed by atoms with Crippen LogP contribution in [0.4, 0.5) is 17.3 Å². The van der Waals surface area contributed by atoms with Crippen LogP contribution >= 0.6 is 11.6 Å². The van der Waals surface area contributed by atoms with E-state index in [-0.39, 0.29) is 28.9 Å². The van der Waals surface area contributed by atoms with Crippen LogP contribution in [0.5, 0.6) is 0 Å². The summed E-state index contributed by atoms with van der Waals surface area (Å²) in [5.74, 6) is 0.568. The number of piperidine rings is 1. The zero-order valence-corrected chi connectivity index (χ0v) is 19.5. The average molecular weight is 476 g/mol. The van der Waals surface area contributed by atoms with E-state index in [2.05, 4.69) is 44.1 Å². The first kappa shape index (κ1) is 21.3. The average Bonchev–Trinajstić information content (AvgIpc) is 3.38. The fraction of sp³-hybridized carbons (Fsp3) is 0.360. The Morgan fingerprint density at radius 3 is 2.65 bits per heavy atom. The molecule has 0 saturated carbocycles. The maximum absolute atomic E-state index is 13.2. The molecule has 1 fully saturated rings. The van der Waals surface area contributed by atoms with Gasteiger partial charge in [0.05, 0.1) is 17.6 Å². The monoisotopic (exact) mass is 475 g/mol.